The maximum Gasteiger partial charge on any atom is 0.407 e. The van der Waals surface area contributed by atoms with Gasteiger partial charge in [0.15, 0.2) is 6.29 Å². The summed E-state index contributed by atoms with van der Waals surface area (Å²) in [5.74, 6) is 0.193. The summed E-state index contributed by atoms with van der Waals surface area (Å²) in [6, 6.07) is 9.57. The van der Waals surface area contributed by atoms with Crippen LogP contribution in [0.1, 0.15) is 45.1 Å². The number of fused-ring (bicyclic) bond motifs is 1. The van der Waals surface area contributed by atoms with Gasteiger partial charge in [0.05, 0.1) is 11.7 Å². The normalized spacial score (nSPS) is 13.1. The number of amides is 1. The quantitative estimate of drug-likeness (QED) is 0.843. The molecule has 0 radical (unpaired) electrons. The van der Waals surface area contributed by atoms with Crippen LogP contribution in [-0.4, -0.2) is 28.6 Å². The van der Waals surface area contributed by atoms with Crippen molar-refractivity contribution in [1.82, 2.24) is 9.88 Å². The first-order valence-corrected chi connectivity index (χ1v) is 8.24. The van der Waals surface area contributed by atoms with E-state index < -0.39 is 11.7 Å². The van der Waals surface area contributed by atoms with Crippen molar-refractivity contribution in [1.29, 1.82) is 0 Å². The standard InChI is InChI=1S/C19H26N2O3/c1-13(2)16(20-18(23)24-19(3,4)5)11-21-15(12-22)10-14-8-6-7-9-17(14)21/h6-10,12-13,16H,11H2,1-5H3,(H,20,23)/t16-/m0/s1. The van der Waals surface area contributed by atoms with Crippen molar-refractivity contribution in [2.75, 3.05) is 0 Å². The SMILES string of the molecule is CC(C)[C@H](Cn1c(C=O)cc2ccccc21)NC(=O)OC(C)(C)C. The monoisotopic (exact) mass is 330 g/mol. The van der Waals surface area contributed by atoms with E-state index in [1.54, 1.807) is 0 Å². The van der Waals surface area contributed by atoms with Crippen LogP contribution in [0, 0.1) is 5.92 Å². The first-order valence-electron chi connectivity index (χ1n) is 8.24. The Balaban J connectivity index is 2.25. The highest BCUT2D eigenvalue weighted by Crippen LogP contribution is 2.20. The molecule has 0 aliphatic carbocycles. The van der Waals surface area contributed by atoms with Crippen LogP contribution in [0.3, 0.4) is 0 Å². The van der Waals surface area contributed by atoms with E-state index in [1.807, 2.05) is 69.5 Å². The number of hydrogen-bond acceptors (Lipinski definition) is 3. The van der Waals surface area contributed by atoms with E-state index in [0.717, 1.165) is 17.2 Å². The molecule has 0 spiro atoms. The van der Waals surface area contributed by atoms with E-state index in [2.05, 4.69) is 5.32 Å². The van der Waals surface area contributed by atoms with Crippen molar-refractivity contribution in [2.45, 2.75) is 52.8 Å². The highest BCUT2D eigenvalue weighted by molar-refractivity contribution is 5.88. The second kappa shape index (κ2) is 7.07. The van der Waals surface area contributed by atoms with Crippen LogP contribution in [0.25, 0.3) is 10.9 Å². The second-order valence-electron chi connectivity index (χ2n) is 7.35. The van der Waals surface area contributed by atoms with E-state index >= 15 is 0 Å². The predicted molar refractivity (Wildman–Crippen MR) is 95.3 cm³/mol. The number of alkyl carbamates (subject to hydrolysis) is 1. The molecule has 5 nitrogen and oxygen atoms in total. The minimum atomic E-state index is -0.542. The molecule has 0 fully saturated rings. The molecule has 0 bridgehead atoms. The predicted octanol–water partition coefficient (Wildman–Crippen LogP) is 4.00. The van der Waals surface area contributed by atoms with Gasteiger partial charge in [0.1, 0.15) is 5.60 Å². The molecule has 2 rings (SSSR count). The molecule has 0 saturated carbocycles. The smallest absolute Gasteiger partial charge is 0.407 e. The summed E-state index contributed by atoms with van der Waals surface area (Å²) in [7, 11) is 0. The number of hydrogen-bond donors (Lipinski definition) is 1. The highest BCUT2D eigenvalue weighted by Gasteiger charge is 2.23. The number of para-hydroxylation sites is 1. The lowest BCUT2D eigenvalue weighted by Gasteiger charge is -2.26. The zero-order chi connectivity index (χ0) is 17.9. The van der Waals surface area contributed by atoms with E-state index in [9.17, 15) is 9.59 Å². The van der Waals surface area contributed by atoms with Crippen molar-refractivity contribution in [3.63, 3.8) is 0 Å². The molecule has 1 atom stereocenters. The van der Waals surface area contributed by atoms with Crippen LogP contribution in [0.5, 0.6) is 0 Å². The lowest BCUT2D eigenvalue weighted by molar-refractivity contribution is 0.0484. The Morgan fingerprint density at radius 2 is 1.96 bits per heavy atom. The van der Waals surface area contributed by atoms with Crippen LogP contribution in [0.15, 0.2) is 30.3 Å². The van der Waals surface area contributed by atoms with E-state index in [-0.39, 0.29) is 12.0 Å². The third kappa shape index (κ3) is 4.37. The summed E-state index contributed by atoms with van der Waals surface area (Å²) in [6.07, 6.45) is 0.413. The van der Waals surface area contributed by atoms with Gasteiger partial charge in [-0.05, 0) is 38.8 Å². The van der Waals surface area contributed by atoms with Crippen LogP contribution in [0.4, 0.5) is 4.79 Å². The summed E-state index contributed by atoms with van der Waals surface area (Å²) in [5.41, 5.74) is 1.05. The summed E-state index contributed by atoms with van der Waals surface area (Å²) in [4.78, 5) is 23.5. The number of nitrogens with zero attached hydrogens (tertiary/aromatic N) is 1. The van der Waals surface area contributed by atoms with Gasteiger partial charge in [0.2, 0.25) is 0 Å². The van der Waals surface area contributed by atoms with Gasteiger partial charge in [-0.2, -0.15) is 0 Å². The molecule has 5 heteroatoms. The summed E-state index contributed by atoms with van der Waals surface area (Å²) < 4.78 is 7.30. The van der Waals surface area contributed by atoms with Gasteiger partial charge in [-0.3, -0.25) is 4.79 Å². The van der Waals surface area contributed by atoms with Gasteiger partial charge in [0, 0.05) is 17.4 Å². The Hall–Kier alpha value is -2.30. The third-order valence-electron chi connectivity index (χ3n) is 3.85. The number of carbonyl (C=O) groups excluding carboxylic acids is 2. The van der Waals surface area contributed by atoms with Gasteiger partial charge >= 0.3 is 6.09 Å². The lowest BCUT2D eigenvalue weighted by Crippen LogP contribution is -2.44. The Morgan fingerprint density at radius 3 is 2.54 bits per heavy atom. The van der Waals surface area contributed by atoms with Gasteiger partial charge in [-0.1, -0.05) is 32.0 Å². The zero-order valence-electron chi connectivity index (χ0n) is 15.0. The summed E-state index contributed by atoms with van der Waals surface area (Å²) >= 11 is 0. The highest BCUT2D eigenvalue weighted by atomic mass is 16.6. The van der Waals surface area contributed by atoms with Crippen molar-refractivity contribution >= 4 is 23.3 Å². The molecule has 1 aromatic carbocycles. The molecule has 2 aromatic rings. The molecule has 0 unspecified atom stereocenters. The van der Waals surface area contributed by atoms with Crippen molar-refractivity contribution in [3.05, 3.63) is 36.0 Å². The molecule has 1 amide bonds. The minimum Gasteiger partial charge on any atom is -0.444 e. The van der Waals surface area contributed by atoms with Gasteiger partial charge < -0.3 is 14.6 Å². The Morgan fingerprint density at radius 1 is 1.29 bits per heavy atom. The molecule has 0 aliphatic heterocycles. The fourth-order valence-electron chi connectivity index (χ4n) is 2.61. The number of ether oxygens (including phenoxy) is 1. The molecule has 0 saturated heterocycles. The number of rotatable bonds is 5. The maximum atomic E-state index is 12.1. The molecule has 1 N–H and O–H groups in total. The van der Waals surface area contributed by atoms with Crippen LogP contribution in [-0.2, 0) is 11.3 Å². The Labute approximate surface area is 143 Å². The molecule has 1 aromatic heterocycles. The van der Waals surface area contributed by atoms with Crippen molar-refractivity contribution in [2.24, 2.45) is 5.92 Å². The first kappa shape index (κ1) is 18.0. The molecule has 1 heterocycles. The second-order valence-corrected chi connectivity index (χ2v) is 7.35. The van der Waals surface area contributed by atoms with Crippen LogP contribution < -0.4 is 5.32 Å². The van der Waals surface area contributed by atoms with Crippen LogP contribution >= 0.6 is 0 Å². The average molecular weight is 330 g/mol. The molecular weight excluding hydrogens is 304 g/mol. The maximum absolute atomic E-state index is 12.1. The van der Waals surface area contributed by atoms with E-state index in [1.165, 1.54) is 0 Å². The summed E-state index contributed by atoms with van der Waals surface area (Å²) in [6.45, 7) is 10.1. The average Bonchev–Trinajstić information content (AvgIpc) is 2.82. The number of aromatic nitrogens is 1. The number of carbonyl (C=O) groups is 2. The van der Waals surface area contributed by atoms with Crippen LogP contribution in [0.2, 0.25) is 0 Å². The topological polar surface area (TPSA) is 60.3 Å². The largest absolute Gasteiger partial charge is 0.444 e. The fourth-order valence-corrected chi connectivity index (χ4v) is 2.61. The summed E-state index contributed by atoms with van der Waals surface area (Å²) in [5, 5.41) is 3.94. The molecule has 24 heavy (non-hydrogen) atoms. The van der Waals surface area contributed by atoms with E-state index in [0.29, 0.717) is 12.2 Å². The fraction of sp³-hybridized carbons (Fsp3) is 0.474. The van der Waals surface area contributed by atoms with Gasteiger partial charge in [-0.15, -0.1) is 0 Å². The number of aldehydes is 1. The number of nitrogens with one attached hydrogen (secondary N) is 1. The molecule has 130 valence electrons. The van der Waals surface area contributed by atoms with Crippen molar-refractivity contribution < 1.29 is 14.3 Å². The van der Waals surface area contributed by atoms with Crippen molar-refractivity contribution in [3.8, 4) is 0 Å². The molecule has 0 aliphatic rings. The van der Waals surface area contributed by atoms with Gasteiger partial charge in [-0.25, -0.2) is 4.79 Å². The zero-order valence-corrected chi connectivity index (χ0v) is 15.0. The Bertz CT molecular complexity index is 726. The third-order valence-corrected chi connectivity index (χ3v) is 3.85. The van der Waals surface area contributed by atoms with E-state index in [4.69, 9.17) is 4.74 Å². The first-order chi connectivity index (χ1) is 11.2. The lowest BCUT2D eigenvalue weighted by atomic mass is 10.0. The molecular formula is C19H26N2O3. The Kier molecular flexibility index (Phi) is 5.32. The minimum absolute atomic E-state index is 0.144. The number of benzene rings is 1. The van der Waals surface area contributed by atoms with Gasteiger partial charge in [0.25, 0.3) is 0 Å².